The molecule has 1 aromatic rings. The maximum absolute atomic E-state index is 11.6. The number of methoxy groups -OCH3 is 1. The predicted molar refractivity (Wildman–Crippen MR) is 82.0 cm³/mol. The number of allylic oxidation sites excluding steroid dienone is 1. The van der Waals surface area contributed by atoms with E-state index < -0.39 is 17.9 Å². The van der Waals surface area contributed by atoms with Crippen LogP contribution >= 0.6 is 0 Å². The second kappa shape index (κ2) is 6.73. The Labute approximate surface area is 130 Å². The van der Waals surface area contributed by atoms with E-state index in [1.807, 2.05) is 32.9 Å². The summed E-state index contributed by atoms with van der Waals surface area (Å²) in [5.74, 6) is 1.97. The van der Waals surface area contributed by atoms with E-state index in [9.17, 15) is 4.79 Å². The number of hydrogen-bond donors (Lipinski definition) is 0. The molecule has 5 heteroatoms. The number of carbonyl (C=O) groups is 1. The highest BCUT2D eigenvalue weighted by atomic mass is 16.8. The Kier molecular flexibility index (Phi) is 4.96. The van der Waals surface area contributed by atoms with E-state index in [-0.39, 0.29) is 0 Å². The molecular formula is C17H22O5. The van der Waals surface area contributed by atoms with Gasteiger partial charge in [-0.05, 0) is 50.1 Å². The third-order valence-corrected chi connectivity index (χ3v) is 4.01. The molecule has 0 unspecified atom stereocenters. The fraction of sp³-hybridized carbons (Fsp3) is 0.471. The molecule has 1 saturated heterocycles. The highest BCUT2D eigenvalue weighted by Crippen LogP contribution is 2.38. The summed E-state index contributed by atoms with van der Waals surface area (Å²) in [7, 11) is 1.61. The molecule has 120 valence electrons. The number of rotatable bonds is 6. The second-order valence-electron chi connectivity index (χ2n) is 5.09. The normalized spacial score (nSPS) is 20.3. The summed E-state index contributed by atoms with van der Waals surface area (Å²) in [6.07, 6.45) is 1.93. The van der Waals surface area contributed by atoms with Crippen LogP contribution in [0, 0.1) is 0 Å². The second-order valence-corrected chi connectivity index (χ2v) is 5.09. The molecule has 22 heavy (non-hydrogen) atoms. The Balaban J connectivity index is 2.21. The summed E-state index contributed by atoms with van der Waals surface area (Å²) < 4.78 is 21.8. The van der Waals surface area contributed by atoms with Gasteiger partial charge in [0.2, 0.25) is 6.10 Å². The number of cyclic esters (lactones) is 2. The summed E-state index contributed by atoms with van der Waals surface area (Å²) in [5, 5.41) is 0. The highest BCUT2D eigenvalue weighted by molar-refractivity contribution is 5.64. The van der Waals surface area contributed by atoms with Crippen molar-refractivity contribution in [2.45, 2.75) is 45.3 Å². The lowest BCUT2D eigenvalue weighted by Gasteiger charge is -2.29. The van der Waals surface area contributed by atoms with Crippen molar-refractivity contribution in [2.24, 2.45) is 0 Å². The van der Waals surface area contributed by atoms with Crippen molar-refractivity contribution >= 4 is 6.16 Å². The van der Waals surface area contributed by atoms with E-state index in [1.165, 1.54) is 0 Å². The van der Waals surface area contributed by atoms with Gasteiger partial charge in [0, 0.05) is 0 Å². The molecule has 0 N–H and O–H groups in total. The van der Waals surface area contributed by atoms with Crippen LogP contribution in [0.5, 0.6) is 11.5 Å². The predicted octanol–water partition coefficient (Wildman–Crippen LogP) is 4.07. The van der Waals surface area contributed by atoms with Crippen molar-refractivity contribution in [2.75, 3.05) is 7.11 Å². The summed E-state index contributed by atoms with van der Waals surface area (Å²) in [4.78, 5) is 11.6. The van der Waals surface area contributed by atoms with Crippen LogP contribution in [0.2, 0.25) is 0 Å². The molecule has 2 rings (SSSR count). The van der Waals surface area contributed by atoms with Gasteiger partial charge in [-0.25, -0.2) is 4.79 Å². The zero-order valence-corrected chi connectivity index (χ0v) is 13.4. The lowest BCUT2D eigenvalue weighted by Crippen LogP contribution is -2.41. The van der Waals surface area contributed by atoms with Gasteiger partial charge in [0.05, 0.1) is 7.11 Å². The van der Waals surface area contributed by atoms with E-state index in [0.29, 0.717) is 24.4 Å². The molecule has 1 atom stereocenters. The topological polar surface area (TPSA) is 54.0 Å². The summed E-state index contributed by atoms with van der Waals surface area (Å²) in [6.45, 7) is 5.79. The van der Waals surface area contributed by atoms with Crippen LogP contribution in [0.3, 0.4) is 0 Å². The van der Waals surface area contributed by atoms with Crippen LogP contribution in [-0.4, -0.2) is 25.0 Å². The van der Waals surface area contributed by atoms with Crippen molar-refractivity contribution in [3.63, 3.8) is 0 Å². The Bertz CT molecular complexity index is 543. The van der Waals surface area contributed by atoms with Crippen molar-refractivity contribution in [1.29, 1.82) is 0 Å². The molecule has 1 aliphatic rings. The number of benzene rings is 1. The maximum atomic E-state index is 11.6. The molecule has 0 aliphatic carbocycles. The van der Waals surface area contributed by atoms with Gasteiger partial charge < -0.3 is 18.9 Å². The van der Waals surface area contributed by atoms with E-state index >= 15 is 0 Å². The first-order chi connectivity index (χ1) is 10.6. The fourth-order valence-electron chi connectivity index (χ4n) is 2.57. The lowest BCUT2D eigenvalue weighted by molar-refractivity contribution is 0.0221. The van der Waals surface area contributed by atoms with Gasteiger partial charge in [0.25, 0.3) is 0 Å². The molecule has 0 bridgehead atoms. The molecule has 1 aromatic carbocycles. The van der Waals surface area contributed by atoms with Gasteiger partial charge in [0.1, 0.15) is 17.3 Å². The van der Waals surface area contributed by atoms with E-state index in [1.54, 1.807) is 25.3 Å². The largest absolute Gasteiger partial charge is 0.509 e. The first-order valence-corrected chi connectivity index (χ1v) is 7.46. The highest BCUT2D eigenvalue weighted by Gasteiger charge is 2.51. The van der Waals surface area contributed by atoms with Crippen LogP contribution in [0.25, 0.3) is 0 Å². The Morgan fingerprint density at radius 1 is 1.23 bits per heavy atom. The van der Waals surface area contributed by atoms with Crippen molar-refractivity contribution in [3.8, 4) is 11.5 Å². The third-order valence-electron chi connectivity index (χ3n) is 4.01. The SMILES string of the molecule is C/C=C(/Oc1ccc(OC)cc1)[C@@H]1OC(=O)OC1(CC)CC. The third kappa shape index (κ3) is 3.03. The molecule has 5 nitrogen and oxygen atoms in total. The monoisotopic (exact) mass is 306 g/mol. The Morgan fingerprint density at radius 2 is 1.82 bits per heavy atom. The standard InChI is InChI=1S/C17H22O5/c1-5-14(20-13-10-8-12(19-4)9-11-13)15-17(6-2,7-3)22-16(18)21-15/h5,8-11,15H,6-7H2,1-4H3/b14-5+/t15-/m0/s1. The first kappa shape index (κ1) is 16.2. The van der Waals surface area contributed by atoms with Crippen LogP contribution in [0.15, 0.2) is 36.1 Å². The fourth-order valence-corrected chi connectivity index (χ4v) is 2.57. The minimum absolute atomic E-state index is 0.540. The van der Waals surface area contributed by atoms with Gasteiger partial charge in [-0.2, -0.15) is 0 Å². The van der Waals surface area contributed by atoms with Gasteiger partial charge >= 0.3 is 6.16 Å². The quantitative estimate of drug-likeness (QED) is 0.585. The van der Waals surface area contributed by atoms with E-state index in [4.69, 9.17) is 18.9 Å². The molecule has 1 fully saturated rings. The van der Waals surface area contributed by atoms with Crippen molar-refractivity contribution in [1.82, 2.24) is 0 Å². The first-order valence-electron chi connectivity index (χ1n) is 7.46. The molecule has 0 aromatic heterocycles. The van der Waals surface area contributed by atoms with E-state index in [2.05, 4.69) is 0 Å². The Morgan fingerprint density at radius 3 is 2.32 bits per heavy atom. The minimum atomic E-state index is -0.675. The molecule has 1 heterocycles. The average Bonchev–Trinajstić information content (AvgIpc) is 2.90. The van der Waals surface area contributed by atoms with Crippen LogP contribution < -0.4 is 9.47 Å². The summed E-state index contributed by atoms with van der Waals surface area (Å²) in [6, 6.07) is 7.23. The van der Waals surface area contributed by atoms with Crippen LogP contribution in [-0.2, 0) is 9.47 Å². The zero-order chi connectivity index (χ0) is 16.2. The van der Waals surface area contributed by atoms with Crippen LogP contribution in [0.4, 0.5) is 4.79 Å². The molecule has 0 radical (unpaired) electrons. The number of hydrogen-bond acceptors (Lipinski definition) is 5. The maximum Gasteiger partial charge on any atom is 0.509 e. The molecular weight excluding hydrogens is 284 g/mol. The van der Waals surface area contributed by atoms with Gasteiger partial charge in [-0.3, -0.25) is 0 Å². The summed E-state index contributed by atoms with van der Waals surface area (Å²) in [5.41, 5.74) is -0.675. The number of carbonyl (C=O) groups excluding carboxylic acids is 1. The number of ether oxygens (including phenoxy) is 4. The van der Waals surface area contributed by atoms with Gasteiger partial charge in [-0.1, -0.05) is 13.8 Å². The average molecular weight is 306 g/mol. The molecule has 0 spiro atoms. The van der Waals surface area contributed by atoms with E-state index in [0.717, 1.165) is 5.75 Å². The minimum Gasteiger partial charge on any atom is -0.497 e. The smallest absolute Gasteiger partial charge is 0.497 e. The van der Waals surface area contributed by atoms with Gasteiger partial charge in [0.15, 0.2) is 5.60 Å². The van der Waals surface area contributed by atoms with Crippen molar-refractivity contribution in [3.05, 3.63) is 36.1 Å². The molecule has 1 aliphatic heterocycles. The van der Waals surface area contributed by atoms with Gasteiger partial charge in [-0.15, -0.1) is 0 Å². The Hall–Kier alpha value is -2.17. The molecule has 0 saturated carbocycles. The van der Waals surface area contributed by atoms with Crippen LogP contribution in [0.1, 0.15) is 33.6 Å². The summed E-state index contributed by atoms with van der Waals surface area (Å²) >= 11 is 0. The zero-order valence-electron chi connectivity index (χ0n) is 13.4. The lowest BCUT2D eigenvalue weighted by atomic mass is 9.89. The molecule has 0 amide bonds. The van der Waals surface area contributed by atoms with Crippen molar-refractivity contribution < 1.29 is 23.7 Å².